The van der Waals surface area contributed by atoms with Crippen molar-refractivity contribution in [3.8, 4) is 0 Å². The lowest BCUT2D eigenvalue weighted by Gasteiger charge is -2.13. The lowest BCUT2D eigenvalue weighted by atomic mass is 10.2. The van der Waals surface area contributed by atoms with Crippen molar-refractivity contribution < 1.29 is 4.39 Å². The predicted octanol–water partition coefficient (Wildman–Crippen LogP) is 1.85. The van der Waals surface area contributed by atoms with Crippen LogP contribution in [0.5, 0.6) is 0 Å². The highest BCUT2D eigenvalue weighted by molar-refractivity contribution is 5.09. The first-order chi connectivity index (χ1) is 8.66. The minimum absolute atomic E-state index is 0.103. The van der Waals surface area contributed by atoms with Gasteiger partial charge in [0.25, 0.3) is 0 Å². The fraction of sp³-hybridized carbons (Fsp3) is 0.385. The second kappa shape index (κ2) is 5.73. The SMILES string of the molecule is CC(NCCc1nccn1C)c1ccc(F)cn1. The molecule has 4 nitrogen and oxygen atoms in total. The molecular weight excluding hydrogens is 231 g/mol. The summed E-state index contributed by atoms with van der Waals surface area (Å²) in [5.41, 5.74) is 0.844. The summed E-state index contributed by atoms with van der Waals surface area (Å²) in [4.78, 5) is 8.31. The van der Waals surface area contributed by atoms with Gasteiger partial charge >= 0.3 is 0 Å². The number of aromatic nitrogens is 3. The molecule has 0 aliphatic rings. The number of nitrogens with one attached hydrogen (secondary N) is 1. The maximum Gasteiger partial charge on any atom is 0.141 e. The fourth-order valence-corrected chi connectivity index (χ4v) is 1.79. The van der Waals surface area contributed by atoms with Crippen LogP contribution in [0, 0.1) is 5.82 Å². The summed E-state index contributed by atoms with van der Waals surface area (Å²) in [5.74, 6) is 0.737. The molecule has 0 radical (unpaired) electrons. The first kappa shape index (κ1) is 12.7. The van der Waals surface area contributed by atoms with E-state index in [0.29, 0.717) is 0 Å². The highest BCUT2D eigenvalue weighted by atomic mass is 19.1. The number of nitrogens with zero attached hydrogens (tertiary/aromatic N) is 3. The molecule has 0 bridgehead atoms. The number of pyridine rings is 1. The number of hydrogen-bond acceptors (Lipinski definition) is 3. The molecule has 0 fully saturated rings. The molecule has 96 valence electrons. The van der Waals surface area contributed by atoms with Gasteiger partial charge in [0.2, 0.25) is 0 Å². The average molecular weight is 248 g/mol. The van der Waals surface area contributed by atoms with Crippen LogP contribution >= 0.6 is 0 Å². The lowest BCUT2D eigenvalue weighted by Crippen LogP contribution is -2.23. The lowest BCUT2D eigenvalue weighted by molar-refractivity contribution is 0.548. The molecular formula is C13H17FN4. The van der Waals surface area contributed by atoms with Gasteiger partial charge in [-0.05, 0) is 19.1 Å². The predicted molar refractivity (Wildman–Crippen MR) is 67.5 cm³/mol. The standard InChI is InChI=1S/C13H17FN4/c1-10(12-4-3-11(14)9-17-12)15-6-5-13-16-7-8-18(13)2/h3-4,7-10,15H,5-6H2,1-2H3. The molecule has 0 saturated heterocycles. The molecule has 0 spiro atoms. The summed E-state index contributed by atoms with van der Waals surface area (Å²) in [6, 6.07) is 3.23. The fourth-order valence-electron chi connectivity index (χ4n) is 1.79. The normalized spacial score (nSPS) is 12.6. The minimum atomic E-state index is -0.307. The number of halogens is 1. The van der Waals surface area contributed by atoms with Gasteiger partial charge in [0.05, 0.1) is 11.9 Å². The number of aryl methyl sites for hydroxylation is 1. The number of hydrogen-bond donors (Lipinski definition) is 1. The molecule has 2 aromatic heterocycles. The first-order valence-corrected chi connectivity index (χ1v) is 5.98. The van der Waals surface area contributed by atoms with Crippen LogP contribution in [0.4, 0.5) is 4.39 Å². The molecule has 18 heavy (non-hydrogen) atoms. The largest absolute Gasteiger partial charge is 0.338 e. The van der Waals surface area contributed by atoms with E-state index in [1.54, 1.807) is 12.3 Å². The van der Waals surface area contributed by atoms with Gasteiger partial charge in [-0.15, -0.1) is 0 Å². The van der Waals surface area contributed by atoms with Crippen LogP contribution in [0.15, 0.2) is 30.7 Å². The third-order valence-corrected chi connectivity index (χ3v) is 2.91. The molecule has 1 N–H and O–H groups in total. The van der Waals surface area contributed by atoms with Gasteiger partial charge in [0.15, 0.2) is 0 Å². The van der Waals surface area contributed by atoms with Crippen molar-refractivity contribution in [2.45, 2.75) is 19.4 Å². The highest BCUT2D eigenvalue weighted by Crippen LogP contribution is 2.09. The minimum Gasteiger partial charge on any atom is -0.338 e. The molecule has 2 heterocycles. The van der Waals surface area contributed by atoms with Gasteiger partial charge in [-0.2, -0.15) is 0 Å². The van der Waals surface area contributed by atoms with E-state index in [9.17, 15) is 4.39 Å². The summed E-state index contributed by atoms with van der Waals surface area (Å²) in [6.07, 6.45) is 5.82. The quantitative estimate of drug-likeness (QED) is 0.878. The molecule has 1 unspecified atom stereocenters. The van der Waals surface area contributed by atoms with E-state index in [-0.39, 0.29) is 11.9 Å². The van der Waals surface area contributed by atoms with Gasteiger partial charge in [-0.25, -0.2) is 9.37 Å². The third-order valence-electron chi connectivity index (χ3n) is 2.91. The van der Waals surface area contributed by atoms with Crippen LogP contribution in [-0.2, 0) is 13.5 Å². The van der Waals surface area contributed by atoms with Gasteiger partial charge in [0.1, 0.15) is 11.6 Å². The topological polar surface area (TPSA) is 42.7 Å². The van der Waals surface area contributed by atoms with E-state index in [1.807, 2.05) is 24.7 Å². The Balaban J connectivity index is 1.83. The van der Waals surface area contributed by atoms with E-state index in [0.717, 1.165) is 24.5 Å². The second-order valence-electron chi connectivity index (χ2n) is 4.28. The maximum atomic E-state index is 12.7. The molecule has 0 saturated carbocycles. The van der Waals surface area contributed by atoms with Gasteiger partial charge < -0.3 is 9.88 Å². The summed E-state index contributed by atoms with van der Waals surface area (Å²) >= 11 is 0. The zero-order chi connectivity index (χ0) is 13.0. The van der Waals surface area contributed by atoms with E-state index in [4.69, 9.17) is 0 Å². The van der Waals surface area contributed by atoms with Crippen molar-refractivity contribution in [1.82, 2.24) is 19.9 Å². The van der Waals surface area contributed by atoms with Crippen LogP contribution in [-0.4, -0.2) is 21.1 Å². The van der Waals surface area contributed by atoms with Gasteiger partial charge in [-0.3, -0.25) is 4.98 Å². The van der Waals surface area contributed by atoms with Gasteiger partial charge in [0, 0.05) is 38.4 Å². The molecule has 1 atom stereocenters. The maximum absolute atomic E-state index is 12.7. The Bertz CT molecular complexity index is 492. The summed E-state index contributed by atoms with van der Waals surface area (Å²) < 4.78 is 14.7. The van der Waals surface area contributed by atoms with E-state index in [2.05, 4.69) is 15.3 Å². The Hall–Kier alpha value is -1.75. The summed E-state index contributed by atoms with van der Waals surface area (Å²) in [6.45, 7) is 2.82. The van der Waals surface area contributed by atoms with Crippen molar-refractivity contribution in [3.05, 3.63) is 48.1 Å². The Labute approximate surface area is 106 Å². The van der Waals surface area contributed by atoms with Crippen LogP contribution in [0.3, 0.4) is 0 Å². The Morgan fingerprint density at radius 2 is 2.22 bits per heavy atom. The van der Waals surface area contributed by atoms with Crippen molar-refractivity contribution in [3.63, 3.8) is 0 Å². The molecule has 0 aromatic carbocycles. The smallest absolute Gasteiger partial charge is 0.141 e. The summed E-state index contributed by atoms with van der Waals surface area (Å²) in [5, 5.41) is 3.35. The Morgan fingerprint density at radius 1 is 1.39 bits per heavy atom. The van der Waals surface area contributed by atoms with Crippen LogP contribution in [0.1, 0.15) is 24.5 Å². The first-order valence-electron chi connectivity index (χ1n) is 5.98. The van der Waals surface area contributed by atoms with Crippen molar-refractivity contribution in [2.75, 3.05) is 6.54 Å². The molecule has 2 aromatic rings. The number of imidazole rings is 1. The van der Waals surface area contributed by atoms with Crippen LogP contribution in [0.2, 0.25) is 0 Å². The molecule has 0 aliphatic heterocycles. The van der Waals surface area contributed by atoms with E-state index >= 15 is 0 Å². The van der Waals surface area contributed by atoms with E-state index in [1.165, 1.54) is 12.3 Å². The third kappa shape index (κ3) is 3.13. The van der Waals surface area contributed by atoms with Crippen molar-refractivity contribution in [1.29, 1.82) is 0 Å². The molecule has 5 heteroatoms. The monoisotopic (exact) mass is 248 g/mol. The zero-order valence-corrected chi connectivity index (χ0v) is 10.6. The van der Waals surface area contributed by atoms with Crippen LogP contribution in [0.25, 0.3) is 0 Å². The molecule has 0 amide bonds. The zero-order valence-electron chi connectivity index (χ0n) is 10.6. The molecule has 0 aliphatic carbocycles. The van der Waals surface area contributed by atoms with E-state index < -0.39 is 0 Å². The van der Waals surface area contributed by atoms with Crippen LogP contribution < -0.4 is 5.32 Å². The Morgan fingerprint density at radius 3 is 2.83 bits per heavy atom. The number of rotatable bonds is 5. The summed E-state index contributed by atoms with van der Waals surface area (Å²) in [7, 11) is 1.98. The second-order valence-corrected chi connectivity index (χ2v) is 4.28. The highest BCUT2D eigenvalue weighted by Gasteiger charge is 2.06. The van der Waals surface area contributed by atoms with Crippen molar-refractivity contribution >= 4 is 0 Å². The molecule has 2 rings (SSSR count). The average Bonchev–Trinajstić information content (AvgIpc) is 2.76. The van der Waals surface area contributed by atoms with Gasteiger partial charge in [-0.1, -0.05) is 0 Å². The van der Waals surface area contributed by atoms with Crippen molar-refractivity contribution in [2.24, 2.45) is 7.05 Å². The Kier molecular flexibility index (Phi) is 4.04.